The highest BCUT2D eigenvalue weighted by Gasteiger charge is 2.27. The minimum absolute atomic E-state index is 0.0517. The molecule has 174 valence electrons. The molecule has 0 aliphatic carbocycles. The van der Waals surface area contributed by atoms with E-state index >= 15 is 0 Å². The van der Waals surface area contributed by atoms with Gasteiger partial charge in [-0.1, -0.05) is 41.9 Å². The van der Waals surface area contributed by atoms with Crippen LogP contribution in [0.1, 0.15) is 21.9 Å². The first kappa shape index (κ1) is 22.3. The highest BCUT2D eigenvalue weighted by atomic mass is 35.5. The van der Waals surface area contributed by atoms with E-state index in [1.807, 2.05) is 66.4 Å². The number of aromatic nitrogens is 4. The average molecular weight is 477 g/mol. The molecular formula is C25H25ClN6O2. The second-order valence-electron chi connectivity index (χ2n) is 8.19. The maximum atomic E-state index is 12.9. The minimum Gasteiger partial charge on any atom is -0.377 e. The predicted molar refractivity (Wildman–Crippen MR) is 132 cm³/mol. The molecule has 1 fully saturated rings. The number of fused-ring (bicyclic) bond motifs is 1. The van der Waals surface area contributed by atoms with Gasteiger partial charge in [0.1, 0.15) is 12.4 Å². The van der Waals surface area contributed by atoms with Crippen LogP contribution in [0.15, 0.2) is 54.6 Å². The van der Waals surface area contributed by atoms with E-state index in [-0.39, 0.29) is 12.5 Å². The van der Waals surface area contributed by atoms with Crippen molar-refractivity contribution in [2.24, 2.45) is 0 Å². The Hall–Kier alpha value is -3.49. The van der Waals surface area contributed by atoms with Crippen LogP contribution in [-0.4, -0.2) is 63.8 Å². The summed E-state index contributed by atoms with van der Waals surface area (Å²) in [5, 5.41) is 6.23. The molecule has 0 atom stereocenters. The molecule has 0 radical (unpaired) electrons. The van der Waals surface area contributed by atoms with Gasteiger partial charge < -0.3 is 14.5 Å². The van der Waals surface area contributed by atoms with Gasteiger partial charge in [-0.25, -0.2) is 14.6 Å². The Morgan fingerprint density at radius 2 is 1.71 bits per heavy atom. The fraction of sp³-hybridized carbons (Fsp3) is 0.280. The SMILES string of the molecule is COCc1nc(N2CCN(C(=O)c3ccccc3)CC2)c2c(C)nn(-c3ccccc3Cl)c2n1. The van der Waals surface area contributed by atoms with Gasteiger partial charge in [-0.15, -0.1) is 0 Å². The molecule has 8 nitrogen and oxygen atoms in total. The molecule has 1 aliphatic heterocycles. The largest absolute Gasteiger partial charge is 0.377 e. The molecule has 4 aromatic rings. The van der Waals surface area contributed by atoms with E-state index in [1.165, 1.54) is 0 Å². The first-order chi connectivity index (χ1) is 16.6. The summed E-state index contributed by atoms with van der Waals surface area (Å²) in [6, 6.07) is 17.0. The van der Waals surface area contributed by atoms with Crippen LogP contribution in [0, 0.1) is 6.92 Å². The Morgan fingerprint density at radius 1 is 1.00 bits per heavy atom. The van der Waals surface area contributed by atoms with Crippen molar-refractivity contribution in [3.8, 4) is 5.69 Å². The van der Waals surface area contributed by atoms with Crippen molar-refractivity contribution in [2.75, 3.05) is 38.2 Å². The Kier molecular flexibility index (Phi) is 6.17. The quantitative estimate of drug-likeness (QED) is 0.435. The van der Waals surface area contributed by atoms with Crippen LogP contribution < -0.4 is 4.90 Å². The van der Waals surface area contributed by atoms with Gasteiger partial charge in [0.2, 0.25) is 0 Å². The fourth-order valence-corrected chi connectivity index (χ4v) is 4.52. The second kappa shape index (κ2) is 9.40. The number of benzene rings is 2. The summed E-state index contributed by atoms with van der Waals surface area (Å²) in [6.07, 6.45) is 0. The molecule has 3 heterocycles. The molecule has 0 spiro atoms. The first-order valence-corrected chi connectivity index (χ1v) is 11.5. The van der Waals surface area contributed by atoms with Crippen molar-refractivity contribution >= 4 is 34.4 Å². The molecule has 0 N–H and O–H groups in total. The number of amides is 1. The van der Waals surface area contributed by atoms with Gasteiger partial charge in [0, 0.05) is 38.9 Å². The van der Waals surface area contributed by atoms with Gasteiger partial charge in [0.15, 0.2) is 11.5 Å². The van der Waals surface area contributed by atoms with Gasteiger partial charge in [-0.3, -0.25) is 4.79 Å². The topological polar surface area (TPSA) is 76.4 Å². The van der Waals surface area contributed by atoms with Gasteiger partial charge >= 0.3 is 0 Å². The van der Waals surface area contributed by atoms with Crippen molar-refractivity contribution in [3.05, 3.63) is 76.7 Å². The van der Waals surface area contributed by atoms with Crippen LogP contribution in [0.5, 0.6) is 0 Å². The number of rotatable bonds is 5. The van der Waals surface area contributed by atoms with E-state index in [2.05, 4.69) is 4.90 Å². The molecule has 34 heavy (non-hydrogen) atoms. The number of halogens is 1. The number of hydrogen-bond donors (Lipinski definition) is 0. The number of aryl methyl sites for hydroxylation is 1. The van der Waals surface area contributed by atoms with E-state index in [0.717, 1.165) is 22.6 Å². The zero-order chi connectivity index (χ0) is 23.7. The molecule has 2 aromatic heterocycles. The molecule has 5 rings (SSSR count). The third-order valence-electron chi connectivity index (χ3n) is 5.97. The lowest BCUT2D eigenvalue weighted by molar-refractivity contribution is 0.0746. The maximum Gasteiger partial charge on any atom is 0.253 e. The summed E-state index contributed by atoms with van der Waals surface area (Å²) in [6.45, 7) is 4.77. The van der Waals surface area contributed by atoms with E-state index in [4.69, 9.17) is 31.4 Å². The average Bonchev–Trinajstić information content (AvgIpc) is 3.20. The van der Waals surface area contributed by atoms with E-state index in [9.17, 15) is 4.79 Å². The van der Waals surface area contributed by atoms with Crippen molar-refractivity contribution in [3.63, 3.8) is 0 Å². The normalized spacial score (nSPS) is 14.1. The van der Waals surface area contributed by atoms with Gasteiger partial charge in [-0.2, -0.15) is 5.10 Å². The second-order valence-corrected chi connectivity index (χ2v) is 8.60. The van der Waals surface area contributed by atoms with Crippen LogP contribution >= 0.6 is 11.6 Å². The Morgan fingerprint density at radius 3 is 2.41 bits per heavy atom. The third-order valence-corrected chi connectivity index (χ3v) is 6.29. The zero-order valence-electron chi connectivity index (χ0n) is 19.1. The summed E-state index contributed by atoms with van der Waals surface area (Å²) in [5.41, 5.74) is 2.97. The van der Waals surface area contributed by atoms with Crippen molar-refractivity contribution in [1.29, 1.82) is 0 Å². The molecule has 2 aromatic carbocycles. The Bertz CT molecular complexity index is 1330. The van der Waals surface area contributed by atoms with E-state index in [0.29, 0.717) is 48.2 Å². The number of nitrogens with zero attached hydrogens (tertiary/aromatic N) is 6. The number of hydrogen-bond acceptors (Lipinski definition) is 6. The smallest absolute Gasteiger partial charge is 0.253 e. The number of carbonyl (C=O) groups is 1. The van der Waals surface area contributed by atoms with Crippen LogP contribution in [-0.2, 0) is 11.3 Å². The molecule has 9 heteroatoms. The summed E-state index contributed by atoms with van der Waals surface area (Å²) in [4.78, 5) is 26.6. The highest BCUT2D eigenvalue weighted by molar-refractivity contribution is 6.32. The molecule has 1 amide bonds. The van der Waals surface area contributed by atoms with Crippen molar-refractivity contribution < 1.29 is 9.53 Å². The predicted octanol–water partition coefficient (Wildman–Crippen LogP) is 3.89. The summed E-state index contributed by atoms with van der Waals surface area (Å²) in [5.74, 6) is 1.43. The number of ether oxygens (including phenoxy) is 1. The summed E-state index contributed by atoms with van der Waals surface area (Å²) >= 11 is 6.48. The van der Waals surface area contributed by atoms with E-state index in [1.54, 1.807) is 11.8 Å². The van der Waals surface area contributed by atoms with Crippen LogP contribution in [0.25, 0.3) is 16.7 Å². The number of para-hydroxylation sites is 1. The fourth-order valence-electron chi connectivity index (χ4n) is 4.30. The van der Waals surface area contributed by atoms with Gasteiger partial charge in [-0.05, 0) is 31.2 Å². The lowest BCUT2D eigenvalue weighted by Gasteiger charge is -2.35. The van der Waals surface area contributed by atoms with Crippen LogP contribution in [0.2, 0.25) is 5.02 Å². The molecular weight excluding hydrogens is 452 g/mol. The number of methoxy groups -OCH3 is 1. The Balaban J connectivity index is 1.50. The zero-order valence-corrected chi connectivity index (χ0v) is 19.9. The van der Waals surface area contributed by atoms with Crippen LogP contribution in [0.3, 0.4) is 0 Å². The monoisotopic (exact) mass is 476 g/mol. The van der Waals surface area contributed by atoms with E-state index < -0.39 is 0 Å². The van der Waals surface area contributed by atoms with Crippen LogP contribution in [0.4, 0.5) is 5.82 Å². The van der Waals surface area contributed by atoms with Crippen molar-refractivity contribution in [2.45, 2.75) is 13.5 Å². The standard InChI is InChI=1S/C25H25ClN6O2/c1-17-22-23(30-12-14-31(15-13-30)25(33)18-8-4-3-5-9-18)27-21(16-34-2)28-24(22)32(29-17)20-11-7-6-10-19(20)26/h3-11H,12-16H2,1-2H3. The first-order valence-electron chi connectivity index (χ1n) is 11.2. The number of piperazine rings is 1. The molecule has 0 saturated carbocycles. The molecule has 0 bridgehead atoms. The molecule has 0 unspecified atom stereocenters. The Labute approximate surface area is 202 Å². The number of carbonyl (C=O) groups excluding carboxylic acids is 1. The molecule has 1 aliphatic rings. The summed E-state index contributed by atoms with van der Waals surface area (Å²) < 4.78 is 7.11. The molecule has 1 saturated heterocycles. The summed E-state index contributed by atoms with van der Waals surface area (Å²) in [7, 11) is 1.62. The highest BCUT2D eigenvalue weighted by Crippen LogP contribution is 2.31. The number of anilines is 1. The lowest BCUT2D eigenvalue weighted by Crippen LogP contribution is -2.49. The third kappa shape index (κ3) is 4.10. The maximum absolute atomic E-state index is 12.9. The van der Waals surface area contributed by atoms with Crippen molar-refractivity contribution in [1.82, 2.24) is 24.6 Å². The minimum atomic E-state index is 0.0517. The van der Waals surface area contributed by atoms with Gasteiger partial charge in [0.05, 0.1) is 21.8 Å². The van der Waals surface area contributed by atoms with Gasteiger partial charge in [0.25, 0.3) is 5.91 Å². The lowest BCUT2D eigenvalue weighted by atomic mass is 10.1.